The van der Waals surface area contributed by atoms with Crippen molar-refractivity contribution in [3.05, 3.63) is 51.7 Å². The lowest BCUT2D eigenvalue weighted by Gasteiger charge is -2.06. The Morgan fingerprint density at radius 3 is 2.89 bits per heavy atom. The first kappa shape index (κ1) is 13.6. The quantitative estimate of drug-likeness (QED) is 0.881. The van der Waals surface area contributed by atoms with Gasteiger partial charge in [-0.15, -0.1) is 11.3 Å². The van der Waals surface area contributed by atoms with Crippen molar-refractivity contribution in [3.63, 3.8) is 0 Å². The minimum Gasteiger partial charge on any atom is -0.497 e. The van der Waals surface area contributed by atoms with Crippen LogP contribution in [-0.4, -0.2) is 18.2 Å². The molecular weight excluding hydrogens is 264 g/mol. The topological polar surface area (TPSA) is 55.8 Å². The molecule has 0 fully saturated rings. The molecule has 1 heterocycles. The first-order valence-corrected chi connectivity index (χ1v) is 6.59. The van der Waals surface area contributed by atoms with Crippen LogP contribution in [0.5, 0.6) is 5.75 Å². The van der Waals surface area contributed by atoms with Gasteiger partial charge in [-0.1, -0.05) is 12.1 Å². The Labute approximate surface area is 115 Å². The van der Waals surface area contributed by atoms with Gasteiger partial charge in [0, 0.05) is 5.56 Å². The fourth-order valence-electron chi connectivity index (χ4n) is 1.68. The number of hydrogen-bond acceptors (Lipinski definition) is 4. The number of carboxylic acids is 1. The molecule has 0 bridgehead atoms. The van der Waals surface area contributed by atoms with Gasteiger partial charge >= 0.3 is 5.97 Å². The SMILES string of the molecule is COc1cccc(COCc2ccsc2C(=O)O)c1. The highest BCUT2D eigenvalue weighted by atomic mass is 32.1. The minimum absolute atomic E-state index is 0.294. The molecule has 2 aromatic rings. The molecule has 0 unspecified atom stereocenters. The average Bonchev–Trinajstić information content (AvgIpc) is 2.87. The molecule has 19 heavy (non-hydrogen) atoms. The van der Waals surface area contributed by atoms with Crippen LogP contribution >= 0.6 is 11.3 Å². The molecule has 0 aliphatic rings. The molecule has 0 amide bonds. The molecule has 0 aliphatic heterocycles. The van der Waals surface area contributed by atoms with Crippen molar-refractivity contribution in [1.29, 1.82) is 0 Å². The Bertz CT molecular complexity index is 562. The lowest BCUT2D eigenvalue weighted by Crippen LogP contribution is -2.00. The van der Waals surface area contributed by atoms with E-state index in [1.54, 1.807) is 18.6 Å². The zero-order valence-electron chi connectivity index (χ0n) is 10.5. The van der Waals surface area contributed by atoms with Gasteiger partial charge in [-0.05, 0) is 29.1 Å². The fourth-order valence-corrected chi connectivity index (χ4v) is 2.43. The predicted octanol–water partition coefficient (Wildman–Crippen LogP) is 3.17. The number of ether oxygens (including phenoxy) is 2. The maximum atomic E-state index is 10.9. The molecule has 5 heteroatoms. The van der Waals surface area contributed by atoms with E-state index < -0.39 is 5.97 Å². The summed E-state index contributed by atoms with van der Waals surface area (Å²) in [6.45, 7) is 0.717. The second-order valence-electron chi connectivity index (χ2n) is 3.92. The van der Waals surface area contributed by atoms with Crippen LogP contribution < -0.4 is 4.74 Å². The smallest absolute Gasteiger partial charge is 0.346 e. The van der Waals surface area contributed by atoms with Gasteiger partial charge in [0.25, 0.3) is 0 Å². The summed E-state index contributed by atoms with van der Waals surface area (Å²) in [4.78, 5) is 11.3. The van der Waals surface area contributed by atoms with Crippen LogP contribution in [0.1, 0.15) is 20.8 Å². The number of carboxylic acid groups (broad SMARTS) is 1. The Morgan fingerprint density at radius 2 is 2.16 bits per heavy atom. The first-order valence-electron chi connectivity index (χ1n) is 5.71. The normalized spacial score (nSPS) is 10.4. The van der Waals surface area contributed by atoms with Gasteiger partial charge in [0.15, 0.2) is 0 Å². The summed E-state index contributed by atoms with van der Waals surface area (Å²) in [5.41, 5.74) is 1.70. The van der Waals surface area contributed by atoms with E-state index in [1.165, 1.54) is 11.3 Å². The van der Waals surface area contributed by atoms with Gasteiger partial charge in [0.05, 0.1) is 20.3 Å². The largest absolute Gasteiger partial charge is 0.497 e. The van der Waals surface area contributed by atoms with Crippen molar-refractivity contribution in [2.24, 2.45) is 0 Å². The number of methoxy groups -OCH3 is 1. The Balaban J connectivity index is 1.92. The second-order valence-corrected chi connectivity index (χ2v) is 4.84. The zero-order valence-corrected chi connectivity index (χ0v) is 11.3. The highest BCUT2D eigenvalue weighted by Crippen LogP contribution is 2.19. The van der Waals surface area contributed by atoms with Crippen molar-refractivity contribution >= 4 is 17.3 Å². The van der Waals surface area contributed by atoms with Gasteiger partial charge in [0.1, 0.15) is 10.6 Å². The molecule has 1 aromatic carbocycles. The molecule has 0 saturated heterocycles. The van der Waals surface area contributed by atoms with Crippen molar-refractivity contribution in [2.45, 2.75) is 13.2 Å². The maximum Gasteiger partial charge on any atom is 0.346 e. The van der Waals surface area contributed by atoms with Crippen molar-refractivity contribution in [3.8, 4) is 5.75 Å². The van der Waals surface area contributed by atoms with E-state index in [9.17, 15) is 4.79 Å². The van der Waals surface area contributed by atoms with E-state index in [4.69, 9.17) is 14.6 Å². The summed E-state index contributed by atoms with van der Waals surface area (Å²) in [7, 11) is 1.62. The van der Waals surface area contributed by atoms with E-state index in [2.05, 4.69) is 0 Å². The van der Waals surface area contributed by atoms with Crippen LogP contribution in [0.25, 0.3) is 0 Å². The summed E-state index contributed by atoms with van der Waals surface area (Å²) in [5, 5.41) is 10.7. The summed E-state index contributed by atoms with van der Waals surface area (Å²) in [6, 6.07) is 9.37. The molecule has 0 spiro atoms. The third-order valence-corrected chi connectivity index (χ3v) is 3.55. The number of thiophene rings is 1. The van der Waals surface area contributed by atoms with Gasteiger partial charge in [-0.2, -0.15) is 0 Å². The van der Waals surface area contributed by atoms with E-state index >= 15 is 0 Å². The van der Waals surface area contributed by atoms with Crippen molar-refractivity contribution in [1.82, 2.24) is 0 Å². The number of benzene rings is 1. The molecule has 0 aliphatic carbocycles. The summed E-state index contributed by atoms with van der Waals surface area (Å²) >= 11 is 1.21. The summed E-state index contributed by atoms with van der Waals surface area (Å²) in [5.74, 6) is -0.127. The second kappa shape index (κ2) is 6.36. The van der Waals surface area contributed by atoms with Crippen LogP contribution in [-0.2, 0) is 18.0 Å². The number of hydrogen-bond donors (Lipinski definition) is 1. The predicted molar refractivity (Wildman–Crippen MR) is 72.8 cm³/mol. The summed E-state index contributed by atoms with van der Waals surface area (Å²) < 4.78 is 10.7. The molecule has 0 saturated carbocycles. The van der Waals surface area contributed by atoms with E-state index in [-0.39, 0.29) is 0 Å². The highest BCUT2D eigenvalue weighted by molar-refractivity contribution is 7.12. The van der Waals surface area contributed by atoms with Crippen LogP contribution in [0.15, 0.2) is 35.7 Å². The molecule has 1 N–H and O–H groups in total. The van der Waals surface area contributed by atoms with E-state index in [0.29, 0.717) is 23.7 Å². The monoisotopic (exact) mass is 278 g/mol. The number of aromatic carboxylic acids is 1. The molecule has 4 nitrogen and oxygen atoms in total. The van der Waals surface area contributed by atoms with Crippen LogP contribution in [0.4, 0.5) is 0 Å². The maximum absolute atomic E-state index is 10.9. The Morgan fingerprint density at radius 1 is 1.32 bits per heavy atom. The van der Waals surface area contributed by atoms with Crippen molar-refractivity contribution < 1.29 is 19.4 Å². The molecular formula is C14H14O4S. The van der Waals surface area contributed by atoms with Gasteiger partial charge < -0.3 is 14.6 Å². The van der Waals surface area contributed by atoms with Crippen LogP contribution in [0, 0.1) is 0 Å². The van der Waals surface area contributed by atoms with E-state index in [0.717, 1.165) is 11.3 Å². The van der Waals surface area contributed by atoms with Gasteiger partial charge in [-0.25, -0.2) is 4.79 Å². The molecule has 0 atom stereocenters. The number of carbonyl (C=O) groups is 1. The highest BCUT2D eigenvalue weighted by Gasteiger charge is 2.11. The van der Waals surface area contributed by atoms with Gasteiger partial charge in [-0.3, -0.25) is 0 Å². The molecule has 1 aromatic heterocycles. The Hall–Kier alpha value is -1.85. The first-order chi connectivity index (χ1) is 9.20. The zero-order chi connectivity index (χ0) is 13.7. The average molecular weight is 278 g/mol. The summed E-state index contributed by atoms with van der Waals surface area (Å²) in [6.07, 6.45) is 0. The van der Waals surface area contributed by atoms with Crippen molar-refractivity contribution in [2.75, 3.05) is 7.11 Å². The fraction of sp³-hybridized carbons (Fsp3) is 0.214. The third kappa shape index (κ3) is 3.56. The third-order valence-electron chi connectivity index (χ3n) is 2.60. The molecule has 100 valence electrons. The lowest BCUT2D eigenvalue weighted by molar-refractivity contribution is 0.0690. The van der Waals surface area contributed by atoms with Gasteiger partial charge in [0.2, 0.25) is 0 Å². The van der Waals surface area contributed by atoms with E-state index in [1.807, 2.05) is 24.3 Å². The standard InChI is InChI=1S/C14H14O4S/c1-17-12-4-2-3-10(7-12)8-18-9-11-5-6-19-13(11)14(15)16/h2-7H,8-9H2,1H3,(H,15,16). The number of rotatable bonds is 6. The molecule has 0 radical (unpaired) electrons. The molecule has 2 rings (SSSR count). The van der Waals surface area contributed by atoms with Crippen LogP contribution in [0.2, 0.25) is 0 Å². The van der Waals surface area contributed by atoms with Crippen LogP contribution in [0.3, 0.4) is 0 Å². The minimum atomic E-state index is -0.907. The Kier molecular flexibility index (Phi) is 4.54. The lowest BCUT2D eigenvalue weighted by atomic mass is 10.2.